The molecule has 1 amide bonds. The zero-order chi connectivity index (χ0) is 20.1. The summed E-state index contributed by atoms with van der Waals surface area (Å²) in [5, 5.41) is 11.5. The third-order valence-electron chi connectivity index (χ3n) is 3.92. The van der Waals surface area contributed by atoms with E-state index in [9.17, 15) is 4.79 Å². The molecule has 8 nitrogen and oxygen atoms in total. The second-order valence-electron chi connectivity index (χ2n) is 5.89. The van der Waals surface area contributed by atoms with Crippen molar-refractivity contribution in [2.24, 2.45) is 10.8 Å². The van der Waals surface area contributed by atoms with Crippen LogP contribution in [0.4, 0.5) is 0 Å². The van der Waals surface area contributed by atoms with Crippen LogP contribution in [-0.4, -0.2) is 40.7 Å². The van der Waals surface area contributed by atoms with Crippen LogP contribution < -0.4 is 15.2 Å². The minimum Gasteiger partial charge on any atom is -0.493 e. The summed E-state index contributed by atoms with van der Waals surface area (Å²) >= 11 is 5.30. The Morgan fingerprint density at radius 1 is 1.32 bits per heavy atom. The van der Waals surface area contributed by atoms with Crippen molar-refractivity contribution in [1.82, 2.24) is 14.9 Å². The largest absolute Gasteiger partial charge is 0.493 e. The highest BCUT2D eigenvalue weighted by Gasteiger charge is 2.11. The number of aromatic nitrogens is 3. The molecule has 0 aliphatic carbocycles. The Hall–Kier alpha value is -3.46. The number of nitrogens with one attached hydrogen (secondary N) is 1. The monoisotopic (exact) mass is 397 g/mol. The van der Waals surface area contributed by atoms with Crippen LogP contribution in [0.15, 0.2) is 47.6 Å². The molecule has 0 atom stereocenters. The first-order valence-corrected chi connectivity index (χ1v) is 8.77. The molecule has 0 fully saturated rings. The molecule has 3 N–H and O–H groups in total. The van der Waals surface area contributed by atoms with E-state index >= 15 is 0 Å². The summed E-state index contributed by atoms with van der Waals surface area (Å²) < 4.78 is 12.6. The van der Waals surface area contributed by atoms with Gasteiger partial charge in [-0.3, -0.25) is 4.79 Å². The van der Waals surface area contributed by atoms with Crippen LogP contribution in [0.25, 0.3) is 11.4 Å². The van der Waals surface area contributed by atoms with E-state index in [0.717, 1.165) is 16.7 Å². The van der Waals surface area contributed by atoms with Gasteiger partial charge in [0.05, 0.1) is 13.3 Å². The SMILES string of the molecule is COc1cc(/C=N\n2c(-c3ccccc3C)n[nH]c2=S)ccc1OCC(N)=O. The molecule has 1 heterocycles. The van der Waals surface area contributed by atoms with Crippen molar-refractivity contribution < 1.29 is 14.3 Å². The first-order valence-electron chi connectivity index (χ1n) is 8.36. The zero-order valence-corrected chi connectivity index (χ0v) is 16.2. The number of rotatable bonds is 7. The number of carbonyl (C=O) groups excluding carboxylic acids is 1. The van der Waals surface area contributed by atoms with Crippen molar-refractivity contribution in [3.63, 3.8) is 0 Å². The Labute approximate surface area is 166 Å². The number of aromatic amines is 1. The van der Waals surface area contributed by atoms with E-state index in [2.05, 4.69) is 15.3 Å². The van der Waals surface area contributed by atoms with Gasteiger partial charge in [0.25, 0.3) is 5.91 Å². The number of primary amides is 1. The van der Waals surface area contributed by atoms with E-state index in [1.165, 1.54) is 7.11 Å². The summed E-state index contributed by atoms with van der Waals surface area (Å²) in [6.07, 6.45) is 1.63. The summed E-state index contributed by atoms with van der Waals surface area (Å²) in [6, 6.07) is 13.0. The maximum atomic E-state index is 10.9. The summed E-state index contributed by atoms with van der Waals surface area (Å²) in [7, 11) is 1.51. The molecule has 3 aromatic rings. The molecular formula is C19H19N5O3S. The first-order chi connectivity index (χ1) is 13.5. The van der Waals surface area contributed by atoms with Gasteiger partial charge in [0.2, 0.25) is 4.77 Å². The van der Waals surface area contributed by atoms with Gasteiger partial charge in [-0.05, 0) is 48.5 Å². The molecule has 0 unspecified atom stereocenters. The topological polar surface area (TPSA) is 108 Å². The number of nitrogens with two attached hydrogens (primary N) is 1. The van der Waals surface area contributed by atoms with Crippen molar-refractivity contribution in [1.29, 1.82) is 0 Å². The maximum absolute atomic E-state index is 10.9. The Morgan fingerprint density at radius 2 is 2.11 bits per heavy atom. The van der Waals surface area contributed by atoms with Crippen molar-refractivity contribution in [3.8, 4) is 22.9 Å². The van der Waals surface area contributed by atoms with Crippen molar-refractivity contribution >= 4 is 24.3 Å². The van der Waals surface area contributed by atoms with Crippen molar-refractivity contribution in [2.45, 2.75) is 6.92 Å². The molecule has 0 radical (unpaired) electrons. The maximum Gasteiger partial charge on any atom is 0.255 e. The van der Waals surface area contributed by atoms with Gasteiger partial charge < -0.3 is 15.2 Å². The van der Waals surface area contributed by atoms with Crippen LogP contribution in [0, 0.1) is 11.7 Å². The molecule has 0 aliphatic heterocycles. The highest BCUT2D eigenvalue weighted by atomic mass is 32.1. The summed E-state index contributed by atoms with van der Waals surface area (Å²) in [4.78, 5) is 10.9. The lowest BCUT2D eigenvalue weighted by molar-refractivity contribution is -0.119. The van der Waals surface area contributed by atoms with Crippen LogP contribution in [0.3, 0.4) is 0 Å². The average molecular weight is 397 g/mol. The molecule has 2 aromatic carbocycles. The fourth-order valence-corrected chi connectivity index (χ4v) is 2.73. The quantitative estimate of drug-likeness (QED) is 0.471. The van der Waals surface area contributed by atoms with Gasteiger partial charge in [-0.25, -0.2) is 5.10 Å². The lowest BCUT2D eigenvalue weighted by atomic mass is 10.1. The minimum atomic E-state index is -0.564. The van der Waals surface area contributed by atoms with E-state index in [4.69, 9.17) is 27.4 Å². The molecule has 0 saturated heterocycles. The number of methoxy groups -OCH3 is 1. The highest BCUT2D eigenvalue weighted by Crippen LogP contribution is 2.27. The van der Waals surface area contributed by atoms with Crippen LogP contribution in [0.2, 0.25) is 0 Å². The number of H-pyrrole nitrogens is 1. The molecule has 3 rings (SSSR count). The third-order valence-corrected chi connectivity index (χ3v) is 4.18. The molecule has 9 heteroatoms. The van der Waals surface area contributed by atoms with Crippen LogP contribution in [0.5, 0.6) is 11.5 Å². The zero-order valence-electron chi connectivity index (χ0n) is 15.4. The second-order valence-corrected chi connectivity index (χ2v) is 6.28. The number of carbonyl (C=O) groups is 1. The fraction of sp³-hybridized carbons (Fsp3) is 0.158. The van der Waals surface area contributed by atoms with Gasteiger partial charge in [0.1, 0.15) is 0 Å². The predicted molar refractivity (Wildman–Crippen MR) is 108 cm³/mol. The van der Waals surface area contributed by atoms with Crippen molar-refractivity contribution in [3.05, 3.63) is 58.4 Å². The lowest BCUT2D eigenvalue weighted by Crippen LogP contribution is -2.20. The van der Waals surface area contributed by atoms with Crippen LogP contribution >= 0.6 is 12.2 Å². The Balaban J connectivity index is 1.91. The smallest absolute Gasteiger partial charge is 0.255 e. The molecule has 144 valence electrons. The number of nitrogens with zero attached hydrogens (tertiary/aromatic N) is 3. The predicted octanol–water partition coefficient (Wildman–Crippen LogP) is 2.67. The van der Waals surface area contributed by atoms with E-state index in [0.29, 0.717) is 22.1 Å². The van der Waals surface area contributed by atoms with Gasteiger partial charge >= 0.3 is 0 Å². The normalized spacial score (nSPS) is 10.9. The van der Waals surface area contributed by atoms with Gasteiger partial charge in [-0.2, -0.15) is 14.9 Å². The minimum absolute atomic E-state index is 0.228. The Morgan fingerprint density at radius 3 is 2.82 bits per heavy atom. The molecule has 28 heavy (non-hydrogen) atoms. The average Bonchev–Trinajstić information content (AvgIpc) is 3.05. The first kappa shape index (κ1) is 19.3. The number of aryl methyl sites for hydroxylation is 1. The Bertz CT molecular complexity index is 1090. The van der Waals surface area contributed by atoms with Gasteiger partial charge in [-0.15, -0.1) is 0 Å². The molecule has 0 bridgehead atoms. The molecule has 1 aromatic heterocycles. The number of hydrogen-bond donors (Lipinski definition) is 2. The molecular weight excluding hydrogens is 378 g/mol. The lowest BCUT2D eigenvalue weighted by Gasteiger charge is -2.09. The van der Waals surface area contributed by atoms with E-state index in [1.807, 2.05) is 31.2 Å². The van der Waals surface area contributed by atoms with Gasteiger partial charge in [0.15, 0.2) is 23.9 Å². The molecule has 0 spiro atoms. The summed E-state index contributed by atoms with van der Waals surface area (Å²) in [5.74, 6) is 0.928. The highest BCUT2D eigenvalue weighted by molar-refractivity contribution is 7.71. The number of benzene rings is 2. The van der Waals surface area contributed by atoms with Gasteiger partial charge in [-0.1, -0.05) is 24.3 Å². The third kappa shape index (κ3) is 4.26. The molecule has 0 aliphatic rings. The Kier molecular flexibility index (Phi) is 5.85. The van der Waals surface area contributed by atoms with E-state index in [1.54, 1.807) is 29.1 Å². The number of ether oxygens (including phenoxy) is 2. The fourth-order valence-electron chi connectivity index (χ4n) is 2.55. The second kappa shape index (κ2) is 8.49. The van der Waals surface area contributed by atoms with Crippen LogP contribution in [-0.2, 0) is 4.79 Å². The van der Waals surface area contributed by atoms with Crippen molar-refractivity contribution in [2.75, 3.05) is 13.7 Å². The molecule has 0 saturated carbocycles. The summed E-state index contributed by atoms with van der Waals surface area (Å²) in [5.41, 5.74) is 7.85. The summed E-state index contributed by atoms with van der Waals surface area (Å²) in [6.45, 7) is 1.77. The number of hydrogen-bond acceptors (Lipinski definition) is 6. The standard InChI is InChI=1S/C19H19N5O3S/c1-12-5-3-4-6-14(12)18-22-23-19(28)24(18)21-10-13-7-8-15(16(9-13)26-2)27-11-17(20)25/h3-10H,11H2,1-2H3,(H2,20,25)(H,23,28)/b21-10-. The van der Waals surface area contributed by atoms with E-state index < -0.39 is 5.91 Å². The number of amides is 1. The van der Waals surface area contributed by atoms with Gasteiger partial charge in [0, 0.05) is 5.56 Å². The van der Waals surface area contributed by atoms with Crippen LogP contribution in [0.1, 0.15) is 11.1 Å². The van der Waals surface area contributed by atoms with E-state index in [-0.39, 0.29) is 6.61 Å².